The summed E-state index contributed by atoms with van der Waals surface area (Å²) in [5.41, 5.74) is 0. The molecule has 1 saturated heterocycles. The lowest BCUT2D eigenvalue weighted by molar-refractivity contribution is 0.352. The first-order valence-electron chi connectivity index (χ1n) is 6.82. The van der Waals surface area contributed by atoms with E-state index in [0.29, 0.717) is 17.9 Å². The van der Waals surface area contributed by atoms with Crippen molar-refractivity contribution in [3.05, 3.63) is 0 Å². The third-order valence-corrected chi connectivity index (χ3v) is 3.04. The Morgan fingerprint density at radius 2 is 1.79 bits per heavy atom. The molecule has 2 heterocycles. The van der Waals surface area contributed by atoms with Crippen molar-refractivity contribution in [1.82, 2.24) is 19.9 Å². The molecule has 7 nitrogen and oxygen atoms in total. The molecule has 0 bridgehead atoms. The van der Waals surface area contributed by atoms with Crippen LogP contribution in [-0.4, -0.2) is 59.7 Å². The van der Waals surface area contributed by atoms with Gasteiger partial charge in [0.1, 0.15) is 0 Å². The first-order chi connectivity index (χ1) is 9.31. The van der Waals surface area contributed by atoms with Gasteiger partial charge in [0.05, 0.1) is 7.11 Å². The Morgan fingerprint density at radius 3 is 2.42 bits per heavy atom. The molecule has 0 spiro atoms. The average molecular weight is 266 g/mol. The SMILES string of the molecule is CCNc1nc(NCCN2CCCC2)nc(OC)n1. The fourth-order valence-electron chi connectivity index (χ4n) is 2.10. The summed E-state index contributed by atoms with van der Waals surface area (Å²) in [6, 6.07) is 0.328. The molecule has 1 fully saturated rings. The van der Waals surface area contributed by atoms with Gasteiger partial charge in [0.2, 0.25) is 11.9 Å². The van der Waals surface area contributed by atoms with Gasteiger partial charge in [-0.05, 0) is 32.9 Å². The van der Waals surface area contributed by atoms with Crippen LogP contribution in [0.15, 0.2) is 0 Å². The number of likely N-dealkylation sites (tertiary alicyclic amines) is 1. The maximum Gasteiger partial charge on any atom is 0.322 e. The predicted molar refractivity (Wildman–Crippen MR) is 74.7 cm³/mol. The Bertz CT molecular complexity index is 394. The molecule has 1 aromatic heterocycles. The van der Waals surface area contributed by atoms with Gasteiger partial charge >= 0.3 is 6.01 Å². The van der Waals surface area contributed by atoms with Gasteiger partial charge in [-0.2, -0.15) is 15.0 Å². The van der Waals surface area contributed by atoms with Crippen LogP contribution in [-0.2, 0) is 0 Å². The molecule has 19 heavy (non-hydrogen) atoms. The minimum Gasteiger partial charge on any atom is -0.467 e. The highest BCUT2D eigenvalue weighted by atomic mass is 16.5. The summed E-state index contributed by atoms with van der Waals surface area (Å²) < 4.78 is 5.07. The number of ether oxygens (including phenoxy) is 1. The molecule has 2 rings (SSSR count). The Balaban J connectivity index is 1.88. The third-order valence-electron chi connectivity index (χ3n) is 3.04. The molecule has 0 saturated carbocycles. The fourth-order valence-corrected chi connectivity index (χ4v) is 2.10. The standard InChI is InChI=1S/C12H22N6O/c1-3-13-10-15-11(17-12(16-10)19-2)14-6-9-18-7-4-5-8-18/h3-9H2,1-2H3,(H2,13,14,15,16,17). The minimum atomic E-state index is 0.328. The molecular weight excluding hydrogens is 244 g/mol. The number of methoxy groups -OCH3 is 1. The number of hydrogen-bond donors (Lipinski definition) is 2. The van der Waals surface area contributed by atoms with Gasteiger partial charge in [0.25, 0.3) is 0 Å². The summed E-state index contributed by atoms with van der Waals surface area (Å²) in [6.07, 6.45) is 2.62. The Labute approximate surface area is 113 Å². The highest BCUT2D eigenvalue weighted by Crippen LogP contribution is 2.11. The van der Waals surface area contributed by atoms with Crippen molar-refractivity contribution < 1.29 is 4.74 Å². The van der Waals surface area contributed by atoms with Crippen LogP contribution in [0.2, 0.25) is 0 Å². The van der Waals surface area contributed by atoms with Crippen LogP contribution < -0.4 is 15.4 Å². The molecular formula is C12H22N6O. The lowest BCUT2D eigenvalue weighted by Gasteiger charge is -2.15. The van der Waals surface area contributed by atoms with Crippen molar-refractivity contribution >= 4 is 11.9 Å². The zero-order chi connectivity index (χ0) is 13.5. The highest BCUT2D eigenvalue weighted by Gasteiger charge is 2.11. The Kier molecular flexibility index (Phi) is 5.14. The van der Waals surface area contributed by atoms with Gasteiger partial charge in [-0.1, -0.05) is 0 Å². The molecule has 106 valence electrons. The van der Waals surface area contributed by atoms with E-state index in [1.165, 1.54) is 25.9 Å². The maximum absolute atomic E-state index is 5.07. The zero-order valence-corrected chi connectivity index (χ0v) is 11.6. The summed E-state index contributed by atoms with van der Waals surface area (Å²) in [6.45, 7) is 7.01. The Morgan fingerprint density at radius 1 is 1.11 bits per heavy atom. The van der Waals surface area contributed by atoms with Crippen LogP contribution in [0.1, 0.15) is 19.8 Å². The molecule has 0 aliphatic carbocycles. The number of rotatable bonds is 7. The predicted octanol–water partition coefficient (Wildman–Crippen LogP) is 0.820. The van der Waals surface area contributed by atoms with Crippen LogP contribution >= 0.6 is 0 Å². The summed E-state index contributed by atoms with van der Waals surface area (Å²) in [5, 5.41) is 6.28. The van der Waals surface area contributed by atoms with Crippen molar-refractivity contribution in [2.24, 2.45) is 0 Å². The van der Waals surface area contributed by atoms with E-state index >= 15 is 0 Å². The van der Waals surface area contributed by atoms with Crippen molar-refractivity contribution in [2.75, 3.05) is 50.5 Å². The van der Waals surface area contributed by atoms with E-state index < -0.39 is 0 Å². The van der Waals surface area contributed by atoms with Crippen molar-refractivity contribution in [1.29, 1.82) is 0 Å². The van der Waals surface area contributed by atoms with Crippen molar-refractivity contribution in [3.63, 3.8) is 0 Å². The van der Waals surface area contributed by atoms with Gasteiger partial charge in [0.15, 0.2) is 0 Å². The maximum atomic E-state index is 5.07. The summed E-state index contributed by atoms with van der Waals surface area (Å²) in [4.78, 5) is 15.0. The number of hydrogen-bond acceptors (Lipinski definition) is 7. The molecule has 1 aliphatic rings. The van der Waals surface area contributed by atoms with Crippen LogP contribution in [0.5, 0.6) is 6.01 Å². The topological polar surface area (TPSA) is 75.2 Å². The molecule has 7 heteroatoms. The van der Waals surface area contributed by atoms with E-state index in [0.717, 1.165) is 19.6 Å². The van der Waals surface area contributed by atoms with Gasteiger partial charge in [-0.15, -0.1) is 0 Å². The van der Waals surface area contributed by atoms with Gasteiger partial charge in [0, 0.05) is 19.6 Å². The first kappa shape index (κ1) is 13.8. The van der Waals surface area contributed by atoms with E-state index in [1.807, 2.05) is 6.92 Å². The summed E-state index contributed by atoms with van der Waals surface area (Å²) in [5.74, 6) is 1.10. The second kappa shape index (κ2) is 7.08. The first-order valence-corrected chi connectivity index (χ1v) is 6.82. The van der Waals surface area contributed by atoms with E-state index in [9.17, 15) is 0 Å². The molecule has 0 unspecified atom stereocenters. The molecule has 2 N–H and O–H groups in total. The highest BCUT2D eigenvalue weighted by molar-refractivity contribution is 5.35. The number of nitrogens with zero attached hydrogens (tertiary/aromatic N) is 4. The fraction of sp³-hybridized carbons (Fsp3) is 0.750. The second-order valence-electron chi connectivity index (χ2n) is 4.48. The van der Waals surface area contributed by atoms with E-state index in [4.69, 9.17) is 4.74 Å². The van der Waals surface area contributed by atoms with Crippen molar-refractivity contribution in [2.45, 2.75) is 19.8 Å². The third kappa shape index (κ3) is 4.20. The van der Waals surface area contributed by atoms with Crippen LogP contribution in [0.3, 0.4) is 0 Å². The monoisotopic (exact) mass is 266 g/mol. The number of aromatic nitrogens is 3. The zero-order valence-electron chi connectivity index (χ0n) is 11.6. The molecule has 0 atom stereocenters. The van der Waals surface area contributed by atoms with E-state index in [-0.39, 0.29) is 0 Å². The number of anilines is 2. The second-order valence-corrected chi connectivity index (χ2v) is 4.48. The Hall–Kier alpha value is -1.63. The van der Waals surface area contributed by atoms with Crippen LogP contribution in [0.25, 0.3) is 0 Å². The molecule has 1 aromatic rings. The lowest BCUT2D eigenvalue weighted by Crippen LogP contribution is -2.26. The normalized spacial score (nSPS) is 15.5. The summed E-state index contributed by atoms with van der Waals surface area (Å²) in [7, 11) is 1.55. The van der Waals surface area contributed by atoms with Crippen LogP contribution in [0, 0.1) is 0 Å². The smallest absolute Gasteiger partial charge is 0.322 e. The molecule has 1 aliphatic heterocycles. The van der Waals surface area contributed by atoms with E-state index in [1.54, 1.807) is 7.11 Å². The van der Waals surface area contributed by atoms with Gasteiger partial charge < -0.3 is 20.3 Å². The van der Waals surface area contributed by atoms with Gasteiger partial charge in [-0.3, -0.25) is 0 Å². The van der Waals surface area contributed by atoms with E-state index in [2.05, 4.69) is 30.5 Å². The minimum absolute atomic E-state index is 0.328. The quantitative estimate of drug-likeness (QED) is 0.756. The summed E-state index contributed by atoms with van der Waals surface area (Å²) >= 11 is 0. The van der Waals surface area contributed by atoms with Crippen LogP contribution in [0.4, 0.5) is 11.9 Å². The number of nitrogens with one attached hydrogen (secondary N) is 2. The molecule has 0 aromatic carbocycles. The average Bonchev–Trinajstić information content (AvgIpc) is 2.92. The molecule has 0 amide bonds. The van der Waals surface area contributed by atoms with Gasteiger partial charge in [-0.25, -0.2) is 0 Å². The van der Waals surface area contributed by atoms with Crippen molar-refractivity contribution in [3.8, 4) is 6.01 Å². The largest absolute Gasteiger partial charge is 0.467 e. The lowest BCUT2D eigenvalue weighted by atomic mass is 10.4. The molecule has 0 radical (unpaired) electrons.